The molecule has 4 bridgehead atoms. The molecule has 6 aliphatic carbocycles. The van der Waals surface area contributed by atoms with Gasteiger partial charge in [-0.2, -0.15) is 0 Å². The van der Waals surface area contributed by atoms with Crippen molar-refractivity contribution < 1.29 is 0 Å². The number of rotatable bonds is 4. The summed E-state index contributed by atoms with van der Waals surface area (Å²) in [4.78, 5) is 15.6. The van der Waals surface area contributed by atoms with Crippen LogP contribution >= 0.6 is 0 Å². The van der Waals surface area contributed by atoms with Gasteiger partial charge in [0.15, 0.2) is 17.5 Å². The fraction of sp³-hybridized carbons (Fsp3) is 0.183. The maximum Gasteiger partial charge on any atom is 0.164 e. The van der Waals surface area contributed by atoms with E-state index in [1.807, 2.05) is 18.2 Å². The van der Waals surface area contributed by atoms with E-state index in [2.05, 4.69) is 170 Å². The molecule has 0 radical (unpaired) electrons. The molecular formula is C60H45N3. The summed E-state index contributed by atoms with van der Waals surface area (Å²) in [6.45, 7) is 0. The van der Waals surface area contributed by atoms with Crippen LogP contribution in [0.5, 0.6) is 0 Å². The lowest BCUT2D eigenvalue weighted by Gasteiger charge is -2.65. The van der Waals surface area contributed by atoms with E-state index in [1.54, 1.807) is 11.1 Å². The minimum atomic E-state index is -0.432. The molecule has 4 saturated carbocycles. The lowest BCUT2D eigenvalue weighted by atomic mass is 9.38. The zero-order valence-corrected chi connectivity index (χ0v) is 35.1. The number of nitrogens with zero attached hydrogens (tertiary/aromatic N) is 3. The summed E-state index contributed by atoms with van der Waals surface area (Å²) >= 11 is 0. The second-order valence-corrected chi connectivity index (χ2v) is 19.1. The first-order valence-electron chi connectivity index (χ1n) is 23.0. The van der Waals surface area contributed by atoms with E-state index in [4.69, 9.17) is 15.0 Å². The van der Waals surface area contributed by atoms with Gasteiger partial charge in [-0.3, -0.25) is 0 Å². The molecule has 8 aromatic carbocycles. The zero-order chi connectivity index (χ0) is 41.3. The van der Waals surface area contributed by atoms with E-state index >= 15 is 0 Å². The van der Waals surface area contributed by atoms with E-state index in [9.17, 15) is 0 Å². The molecule has 15 rings (SSSR count). The molecule has 0 aliphatic heterocycles. The summed E-state index contributed by atoms with van der Waals surface area (Å²) in [5.41, 5.74) is 16.6. The van der Waals surface area contributed by atoms with Gasteiger partial charge in [0, 0.05) is 22.1 Å². The molecule has 0 unspecified atom stereocenters. The van der Waals surface area contributed by atoms with Crippen molar-refractivity contribution in [2.75, 3.05) is 0 Å². The smallest absolute Gasteiger partial charge is 0.164 e. The van der Waals surface area contributed by atoms with Crippen LogP contribution in [-0.4, -0.2) is 15.0 Å². The van der Waals surface area contributed by atoms with Gasteiger partial charge in [-0.05, 0) is 134 Å². The van der Waals surface area contributed by atoms with Gasteiger partial charge in [-0.1, -0.05) is 176 Å². The molecule has 2 spiro atoms. The Labute approximate surface area is 368 Å². The normalized spacial score (nSPS) is 22.8. The average Bonchev–Trinajstić information content (AvgIpc) is 3.64. The summed E-state index contributed by atoms with van der Waals surface area (Å²) in [7, 11) is 0. The summed E-state index contributed by atoms with van der Waals surface area (Å²) in [5, 5.41) is 2.29. The molecule has 1 heterocycles. The van der Waals surface area contributed by atoms with Crippen molar-refractivity contribution in [2.45, 2.75) is 42.9 Å². The quantitative estimate of drug-likeness (QED) is 0.178. The van der Waals surface area contributed by atoms with Crippen molar-refractivity contribution in [3.8, 4) is 56.4 Å². The predicted octanol–water partition coefficient (Wildman–Crippen LogP) is 14.1. The maximum absolute atomic E-state index is 5.26. The van der Waals surface area contributed by atoms with E-state index in [0.29, 0.717) is 29.3 Å². The number of fused-ring (bicyclic) bond motifs is 10. The average molecular weight is 808 g/mol. The molecule has 9 aromatic rings. The number of aromatic nitrogens is 3. The Hall–Kier alpha value is -6.97. The standard InChI is InChI=1S/C60H45N3/c1-2-15-40(16-3-1)56-61-57(63-58(62-56)49-23-13-17-39-14-4-5-20-46(39)49)43-19-12-18-41(35-43)42-28-29-54-55(36-42)60(50-24-8-6-21-47(50)48-22-7-9-25-51(48)60)53-27-11-10-26-52(53)59(54)44-31-37-30-38(33-44)34-45(59)32-37/h1-29,35-38,44-45H,30-34H2. The minimum Gasteiger partial charge on any atom is -0.208 e. The number of hydrogen-bond acceptors (Lipinski definition) is 3. The molecule has 0 atom stereocenters. The molecule has 3 heteroatoms. The van der Waals surface area contributed by atoms with Crippen LogP contribution in [0.4, 0.5) is 0 Å². The van der Waals surface area contributed by atoms with E-state index in [-0.39, 0.29) is 5.41 Å². The van der Waals surface area contributed by atoms with Gasteiger partial charge in [0.05, 0.1) is 5.41 Å². The van der Waals surface area contributed by atoms with Crippen LogP contribution in [0.25, 0.3) is 67.2 Å². The van der Waals surface area contributed by atoms with E-state index < -0.39 is 5.41 Å². The van der Waals surface area contributed by atoms with Crippen LogP contribution in [0.3, 0.4) is 0 Å². The van der Waals surface area contributed by atoms with Crippen LogP contribution in [0, 0.1) is 23.7 Å². The van der Waals surface area contributed by atoms with Crippen molar-refractivity contribution in [3.05, 3.63) is 221 Å². The SMILES string of the molecule is c1ccc(-c2nc(-c3cccc(-c4ccc5c(c4)C4(c6ccccc6-c6ccccc64)c4ccccc4C54C5CC6CC(C5)CC4C6)c3)nc(-c3cccc4ccccc34)n2)cc1. The molecule has 3 nitrogen and oxygen atoms in total. The highest BCUT2D eigenvalue weighted by Gasteiger charge is 2.64. The van der Waals surface area contributed by atoms with Gasteiger partial charge < -0.3 is 0 Å². The summed E-state index contributed by atoms with van der Waals surface area (Å²) in [6.07, 6.45) is 6.84. The van der Waals surface area contributed by atoms with Crippen molar-refractivity contribution >= 4 is 10.8 Å². The van der Waals surface area contributed by atoms with Crippen molar-refractivity contribution in [1.82, 2.24) is 15.0 Å². The molecule has 300 valence electrons. The first kappa shape index (κ1) is 35.6. The first-order chi connectivity index (χ1) is 31.2. The van der Waals surface area contributed by atoms with E-state index in [0.717, 1.165) is 44.9 Å². The Balaban J connectivity index is 0.995. The Morgan fingerprint density at radius 2 is 0.841 bits per heavy atom. The van der Waals surface area contributed by atoms with Crippen molar-refractivity contribution in [3.63, 3.8) is 0 Å². The Morgan fingerprint density at radius 3 is 1.59 bits per heavy atom. The van der Waals surface area contributed by atoms with Crippen LogP contribution < -0.4 is 0 Å². The lowest BCUT2D eigenvalue weighted by Crippen LogP contribution is -2.59. The highest BCUT2D eigenvalue weighted by Crippen LogP contribution is 2.71. The fourth-order valence-corrected chi connectivity index (χ4v) is 14.1. The fourth-order valence-electron chi connectivity index (χ4n) is 14.1. The Bertz CT molecular complexity index is 3250. The van der Waals surface area contributed by atoms with Gasteiger partial charge in [0.1, 0.15) is 0 Å². The third-order valence-electron chi connectivity index (χ3n) is 16.2. The Kier molecular flexibility index (Phi) is 7.50. The largest absolute Gasteiger partial charge is 0.208 e. The molecule has 0 saturated heterocycles. The number of benzene rings is 8. The van der Waals surface area contributed by atoms with Gasteiger partial charge >= 0.3 is 0 Å². The third-order valence-corrected chi connectivity index (χ3v) is 16.2. The van der Waals surface area contributed by atoms with Crippen LogP contribution in [0.1, 0.15) is 65.5 Å². The zero-order valence-electron chi connectivity index (χ0n) is 35.1. The first-order valence-corrected chi connectivity index (χ1v) is 23.0. The summed E-state index contributed by atoms with van der Waals surface area (Å²) in [5.74, 6) is 5.08. The van der Waals surface area contributed by atoms with Crippen molar-refractivity contribution in [2.24, 2.45) is 23.7 Å². The molecule has 4 fully saturated rings. The molecule has 6 aliphatic rings. The molecule has 63 heavy (non-hydrogen) atoms. The predicted molar refractivity (Wildman–Crippen MR) is 254 cm³/mol. The second-order valence-electron chi connectivity index (χ2n) is 19.1. The summed E-state index contributed by atoms with van der Waals surface area (Å²) < 4.78 is 0. The molecule has 0 amide bonds. The van der Waals surface area contributed by atoms with Crippen LogP contribution in [-0.2, 0) is 10.8 Å². The van der Waals surface area contributed by atoms with E-state index in [1.165, 1.54) is 71.0 Å². The monoisotopic (exact) mass is 807 g/mol. The summed E-state index contributed by atoms with van der Waals surface area (Å²) in [6, 6.07) is 70.0. The number of hydrogen-bond donors (Lipinski definition) is 0. The van der Waals surface area contributed by atoms with Gasteiger partial charge in [0.2, 0.25) is 0 Å². The van der Waals surface area contributed by atoms with Gasteiger partial charge in [-0.15, -0.1) is 0 Å². The lowest BCUT2D eigenvalue weighted by molar-refractivity contribution is -0.0440. The van der Waals surface area contributed by atoms with Crippen molar-refractivity contribution in [1.29, 1.82) is 0 Å². The highest BCUT2D eigenvalue weighted by atomic mass is 15.0. The van der Waals surface area contributed by atoms with Crippen LogP contribution in [0.15, 0.2) is 188 Å². The molecule has 1 aromatic heterocycles. The molecular weight excluding hydrogens is 763 g/mol. The van der Waals surface area contributed by atoms with Gasteiger partial charge in [0.25, 0.3) is 0 Å². The van der Waals surface area contributed by atoms with Crippen LogP contribution in [0.2, 0.25) is 0 Å². The Morgan fingerprint density at radius 1 is 0.333 bits per heavy atom. The maximum atomic E-state index is 5.26. The third kappa shape index (κ3) is 4.88. The topological polar surface area (TPSA) is 38.7 Å². The molecule has 0 N–H and O–H groups in total. The second kappa shape index (κ2) is 13.3. The van der Waals surface area contributed by atoms with Gasteiger partial charge in [-0.25, -0.2) is 15.0 Å². The highest BCUT2D eigenvalue weighted by molar-refractivity contribution is 5.95. The minimum absolute atomic E-state index is 0.00812.